The summed E-state index contributed by atoms with van der Waals surface area (Å²) in [5.41, 5.74) is -0.163. The molecule has 1 aliphatic heterocycles. The van der Waals surface area contributed by atoms with Crippen molar-refractivity contribution in [2.24, 2.45) is 0 Å². The van der Waals surface area contributed by atoms with Crippen LogP contribution in [-0.4, -0.2) is 24.7 Å². The van der Waals surface area contributed by atoms with E-state index in [0.717, 1.165) is 12.1 Å². The predicted molar refractivity (Wildman–Crippen MR) is 68.6 cm³/mol. The lowest BCUT2D eigenvalue weighted by atomic mass is 9.97. The van der Waals surface area contributed by atoms with Gasteiger partial charge in [-0.2, -0.15) is 0 Å². The molecule has 2 heteroatoms. The fourth-order valence-electron chi connectivity index (χ4n) is 2.23. The van der Waals surface area contributed by atoms with Crippen LogP contribution in [0.15, 0.2) is 30.3 Å². The smallest absolute Gasteiger partial charge is 0.148 e. The van der Waals surface area contributed by atoms with Crippen molar-refractivity contribution in [2.75, 3.05) is 19.6 Å². The quantitative estimate of drug-likeness (QED) is 0.714. The number of aliphatic hydroxyl groups is 1. The van der Waals surface area contributed by atoms with Gasteiger partial charge in [-0.05, 0) is 18.4 Å². The van der Waals surface area contributed by atoms with E-state index >= 15 is 0 Å². The van der Waals surface area contributed by atoms with Gasteiger partial charge in [0.2, 0.25) is 0 Å². The molecule has 1 saturated heterocycles. The third-order valence-electron chi connectivity index (χ3n) is 3.32. The normalized spacial score (nSPS) is 19.4. The summed E-state index contributed by atoms with van der Waals surface area (Å²) in [4.78, 5) is 1.54. The maximum Gasteiger partial charge on any atom is 0.148 e. The standard InChI is InChI=1S/C15H19NO/c1-15(17,14-8-3-2-4-9-14)10-7-13-16-11-5-6-12-16/h2-4,8-9,17H,5-6,11-13H2,1H3/p+1/t15-/m1/s1. The minimum absolute atomic E-state index is 0.850. The zero-order valence-corrected chi connectivity index (χ0v) is 10.4. The summed E-state index contributed by atoms with van der Waals surface area (Å²) in [5, 5.41) is 10.3. The number of likely N-dealkylation sites (tertiary alicyclic amines) is 1. The summed E-state index contributed by atoms with van der Waals surface area (Å²) in [6.45, 7) is 5.06. The van der Waals surface area contributed by atoms with Crippen LogP contribution in [0.4, 0.5) is 0 Å². The Balaban J connectivity index is 1.99. The zero-order valence-electron chi connectivity index (χ0n) is 10.4. The molecule has 0 amide bonds. The molecule has 0 radical (unpaired) electrons. The lowest BCUT2D eigenvalue weighted by Crippen LogP contribution is -3.09. The number of quaternary nitrogens is 1. The molecule has 0 aliphatic carbocycles. The van der Waals surface area contributed by atoms with Crippen LogP contribution in [0.5, 0.6) is 0 Å². The maximum absolute atomic E-state index is 10.3. The lowest BCUT2D eigenvalue weighted by Gasteiger charge is -2.16. The number of rotatable bonds is 2. The van der Waals surface area contributed by atoms with E-state index in [4.69, 9.17) is 0 Å². The van der Waals surface area contributed by atoms with Crippen molar-refractivity contribution < 1.29 is 10.0 Å². The second-order valence-electron chi connectivity index (χ2n) is 4.87. The largest absolute Gasteiger partial charge is 0.374 e. The van der Waals surface area contributed by atoms with Gasteiger partial charge >= 0.3 is 0 Å². The highest BCUT2D eigenvalue weighted by atomic mass is 16.3. The van der Waals surface area contributed by atoms with E-state index in [-0.39, 0.29) is 0 Å². The number of benzene rings is 1. The van der Waals surface area contributed by atoms with Gasteiger partial charge in [0.1, 0.15) is 12.1 Å². The first-order chi connectivity index (χ1) is 8.18. The maximum atomic E-state index is 10.3. The van der Waals surface area contributed by atoms with Gasteiger partial charge in [0.15, 0.2) is 0 Å². The fourth-order valence-corrected chi connectivity index (χ4v) is 2.23. The van der Waals surface area contributed by atoms with E-state index in [1.54, 1.807) is 11.8 Å². The van der Waals surface area contributed by atoms with Crippen molar-refractivity contribution in [2.45, 2.75) is 25.4 Å². The van der Waals surface area contributed by atoms with E-state index in [0.29, 0.717) is 0 Å². The molecule has 0 bridgehead atoms. The molecule has 90 valence electrons. The first-order valence-corrected chi connectivity index (χ1v) is 6.30. The van der Waals surface area contributed by atoms with E-state index in [1.807, 2.05) is 30.3 Å². The first-order valence-electron chi connectivity index (χ1n) is 6.30. The zero-order chi connectivity index (χ0) is 12.1. The van der Waals surface area contributed by atoms with Crippen LogP contribution in [0.1, 0.15) is 25.3 Å². The summed E-state index contributed by atoms with van der Waals surface area (Å²) in [6.07, 6.45) is 2.62. The first kappa shape index (κ1) is 12.2. The van der Waals surface area contributed by atoms with Gasteiger partial charge in [0, 0.05) is 12.8 Å². The Morgan fingerprint density at radius 2 is 1.88 bits per heavy atom. The van der Waals surface area contributed by atoms with Gasteiger partial charge < -0.3 is 10.0 Å². The Bertz CT molecular complexity index is 408. The van der Waals surface area contributed by atoms with Crippen molar-refractivity contribution in [3.05, 3.63) is 35.9 Å². The summed E-state index contributed by atoms with van der Waals surface area (Å²) in [5.74, 6) is 6.12. The molecular weight excluding hydrogens is 210 g/mol. The van der Waals surface area contributed by atoms with Gasteiger partial charge in [0.05, 0.1) is 13.1 Å². The molecule has 1 aliphatic rings. The second kappa shape index (κ2) is 5.35. The predicted octanol–water partition coefficient (Wildman–Crippen LogP) is 0.576. The average molecular weight is 230 g/mol. The number of hydrogen-bond donors (Lipinski definition) is 2. The summed E-state index contributed by atoms with van der Waals surface area (Å²) >= 11 is 0. The van der Waals surface area contributed by atoms with Crippen molar-refractivity contribution in [3.63, 3.8) is 0 Å². The molecule has 0 unspecified atom stereocenters. The lowest BCUT2D eigenvalue weighted by molar-refractivity contribution is -0.879. The SMILES string of the molecule is C[C@@](O)(C#CC[NH+]1CCCC1)c1ccccc1. The Morgan fingerprint density at radius 3 is 2.53 bits per heavy atom. The van der Waals surface area contributed by atoms with Crippen LogP contribution in [0.25, 0.3) is 0 Å². The third-order valence-corrected chi connectivity index (χ3v) is 3.32. The van der Waals surface area contributed by atoms with Crippen molar-refractivity contribution >= 4 is 0 Å². The molecule has 1 fully saturated rings. The van der Waals surface area contributed by atoms with Gasteiger partial charge in [0.25, 0.3) is 0 Å². The van der Waals surface area contributed by atoms with Crippen LogP contribution in [0.3, 0.4) is 0 Å². The number of nitrogens with one attached hydrogen (secondary N) is 1. The molecule has 0 spiro atoms. The monoisotopic (exact) mass is 230 g/mol. The topological polar surface area (TPSA) is 24.7 Å². The molecule has 0 saturated carbocycles. The van der Waals surface area contributed by atoms with Gasteiger partial charge in [-0.25, -0.2) is 0 Å². The minimum Gasteiger partial charge on any atom is -0.374 e. The van der Waals surface area contributed by atoms with Crippen molar-refractivity contribution in [1.29, 1.82) is 0 Å². The Hall–Kier alpha value is -1.30. The highest BCUT2D eigenvalue weighted by molar-refractivity contribution is 5.30. The van der Waals surface area contributed by atoms with E-state index in [1.165, 1.54) is 25.9 Å². The van der Waals surface area contributed by atoms with Crippen LogP contribution < -0.4 is 4.90 Å². The average Bonchev–Trinajstić information content (AvgIpc) is 2.83. The van der Waals surface area contributed by atoms with E-state index < -0.39 is 5.60 Å². The Kier molecular flexibility index (Phi) is 3.83. The Labute approximate surface area is 103 Å². The van der Waals surface area contributed by atoms with Crippen LogP contribution in [-0.2, 0) is 5.60 Å². The molecule has 2 nitrogen and oxygen atoms in total. The van der Waals surface area contributed by atoms with Gasteiger partial charge in [-0.1, -0.05) is 36.3 Å². The van der Waals surface area contributed by atoms with Crippen LogP contribution in [0.2, 0.25) is 0 Å². The minimum atomic E-state index is -1.03. The van der Waals surface area contributed by atoms with Gasteiger partial charge in [-0.3, -0.25) is 0 Å². The molecular formula is C15H20NO+. The Morgan fingerprint density at radius 1 is 1.24 bits per heavy atom. The highest BCUT2D eigenvalue weighted by Gasteiger charge is 2.19. The van der Waals surface area contributed by atoms with Crippen LogP contribution >= 0.6 is 0 Å². The summed E-state index contributed by atoms with van der Waals surface area (Å²) in [7, 11) is 0. The second-order valence-corrected chi connectivity index (χ2v) is 4.87. The van der Waals surface area contributed by atoms with Gasteiger partial charge in [-0.15, -0.1) is 0 Å². The molecule has 1 atom stereocenters. The molecule has 1 heterocycles. The third kappa shape index (κ3) is 3.33. The summed E-state index contributed by atoms with van der Waals surface area (Å²) in [6, 6.07) is 9.63. The summed E-state index contributed by atoms with van der Waals surface area (Å²) < 4.78 is 0. The van der Waals surface area contributed by atoms with Crippen molar-refractivity contribution in [3.8, 4) is 11.8 Å². The van der Waals surface area contributed by atoms with E-state index in [9.17, 15) is 5.11 Å². The number of hydrogen-bond acceptors (Lipinski definition) is 1. The molecule has 1 aromatic carbocycles. The molecule has 2 rings (SSSR count). The van der Waals surface area contributed by atoms with Crippen molar-refractivity contribution in [1.82, 2.24) is 0 Å². The van der Waals surface area contributed by atoms with Crippen LogP contribution in [0, 0.1) is 11.8 Å². The molecule has 1 aromatic rings. The highest BCUT2D eigenvalue weighted by Crippen LogP contribution is 2.18. The molecule has 2 N–H and O–H groups in total. The fraction of sp³-hybridized carbons (Fsp3) is 0.467. The van der Waals surface area contributed by atoms with E-state index in [2.05, 4.69) is 11.8 Å². The molecule has 17 heavy (non-hydrogen) atoms. The molecule has 0 aromatic heterocycles.